The van der Waals surface area contributed by atoms with Crippen LogP contribution in [0.1, 0.15) is 19.4 Å². The van der Waals surface area contributed by atoms with E-state index in [0.717, 1.165) is 11.3 Å². The maximum absolute atomic E-state index is 12.2. The Bertz CT molecular complexity index is 620. The van der Waals surface area contributed by atoms with Gasteiger partial charge >= 0.3 is 0 Å². The number of rotatable bonds is 6. The van der Waals surface area contributed by atoms with Crippen LogP contribution in [0.4, 0.5) is 5.69 Å². The van der Waals surface area contributed by atoms with Gasteiger partial charge in [-0.3, -0.25) is 4.79 Å². The number of carbonyl (C=O) groups excluding carboxylic acids is 1. The average Bonchev–Trinajstić information content (AvgIpc) is 2.49. The Labute approximate surface area is 131 Å². The number of hydrogen-bond donors (Lipinski definition) is 1. The molecule has 2 rings (SSSR count). The van der Waals surface area contributed by atoms with Gasteiger partial charge in [0.15, 0.2) is 0 Å². The zero-order chi connectivity index (χ0) is 15.9. The number of methoxy groups -OCH3 is 1. The smallest absolute Gasteiger partial charge is 0.228 e. The topological polar surface area (TPSA) is 47.6 Å². The molecule has 0 unspecified atom stereocenters. The molecule has 2 aromatic carbocycles. The molecule has 0 heterocycles. The van der Waals surface area contributed by atoms with Gasteiger partial charge in [-0.1, -0.05) is 24.3 Å². The van der Waals surface area contributed by atoms with Crippen LogP contribution in [0.2, 0.25) is 0 Å². The Kier molecular flexibility index (Phi) is 5.42. The van der Waals surface area contributed by atoms with Crippen molar-refractivity contribution in [3.8, 4) is 11.5 Å². The summed E-state index contributed by atoms with van der Waals surface area (Å²) < 4.78 is 10.8. The van der Waals surface area contributed by atoms with Crippen LogP contribution in [0.15, 0.2) is 48.5 Å². The van der Waals surface area contributed by atoms with Crippen molar-refractivity contribution >= 4 is 11.6 Å². The molecule has 0 radical (unpaired) electrons. The molecule has 0 bridgehead atoms. The fraction of sp³-hybridized carbons (Fsp3) is 0.278. The van der Waals surface area contributed by atoms with Crippen LogP contribution in [0.5, 0.6) is 11.5 Å². The van der Waals surface area contributed by atoms with E-state index in [1.54, 1.807) is 7.11 Å². The van der Waals surface area contributed by atoms with Crippen LogP contribution in [0.3, 0.4) is 0 Å². The van der Waals surface area contributed by atoms with Crippen LogP contribution >= 0.6 is 0 Å². The Morgan fingerprint density at radius 1 is 1.09 bits per heavy atom. The summed E-state index contributed by atoms with van der Waals surface area (Å²) in [6, 6.07) is 14.9. The molecule has 2 aromatic rings. The number of amides is 1. The van der Waals surface area contributed by atoms with E-state index in [1.807, 2.05) is 62.4 Å². The Morgan fingerprint density at radius 2 is 1.77 bits per heavy atom. The lowest BCUT2D eigenvalue weighted by Crippen LogP contribution is -2.16. The first kappa shape index (κ1) is 15.9. The fourth-order valence-electron chi connectivity index (χ4n) is 2.05. The van der Waals surface area contributed by atoms with Crippen LogP contribution < -0.4 is 14.8 Å². The first-order valence-electron chi connectivity index (χ1n) is 7.27. The Hall–Kier alpha value is -2.49. The SMILES string of the molecule is COc1ccc(CC(=O)Nc2ccccc2OC(C)C)cc1. The molecule has 0 saturated carbocycles. The molecule has 1 amide bonds. The molecule has 1 N–H and O–H groups in total. The highest BCUT2D eigenvalue weighted by molar-refractivity contribution is 5.93. The van der Waals surface area contributed by atoms with Crippen LogP contribution in [0, 0.1) is 0 Å². The monoisotopic (exact) mass is 299 g/mol. The Balaban J connectivity index is 2.02. The van der Waals surface area contributed by atoms with E-state index in [4.69, 9.17) is 9.47 Å². The van der Waals surface area contributed by atoms with Gasteiger partial charge in [0.05, 0.1) is 25.3 Å². The quantitative estimate of drug-likeness (QED) is 0.885. The van der Waals surface area contributed by atoms with E-state index < -0.39 is 0 Å². The molecule has 0 fully saturated rings. The number of nitrogens with one attached hydrogen (secondary N) is 1. The number of ether oxygens (including phenoxy) is 2. The molecule has 22 heavy (non-hydrogen) atoms. The van der Waals surface area contributed by atoms with E-state index in [9.17, 15) is 4.79 Å². The summed E-state index contributed by atoms with van der Waals surface area (Å²) in [7, 11) is 1.62. The van der Waals surface area contributed by atoms with Crippen LogP contribution in [-0.4, -0.2) is 19.1 Å². The second kappa shape index (κ2) is 7.50. The highest BCUT2D eigenvalue weighted by Crippen LogP contribution is 2.25. The largest absolute Gasteiger partial charge is 0.497 e. The lowest BCUT2D eigenvalue weighted by Gasteiger charge is -2.14. The molecular formula is C18H21NO3. The molecule has 0 saturated heterocycles. The number of carbonyl (C=O) groups is 1. The zero-order valence-corrected chi connectivity index (χ0v) is 13.1. The lowest BCUT2D eigenvalue weighted by molar-refractivity contribution is -0.115. The van der Waals surface area contributed by atoms with Gasteiger partial charge in [-0.2, -0.15) is 0 Å². The van der Waals surface area contributed by atoms with Crippen molar-refractivity contribution in [2.24, 2.45) is 0 Å². The predicted octanol–water partition coefficient (Wildman–Crippen LogP) is 3.66. The zero-order valence-electron chi connectivity index (χ0n) is 13.1. The van der Waals surface area contributed by atoms with Gasteiger partial charge in [-0.05, 0) is 43.7 Å². The second-order valence-corrected chi connectivity index (χ2v) is 5.24. The summed E-state index contributed by atoms with van der Waals surface area (Å²) in [5.41, 5.74) is 1.62. The van der Waals surface area contributed by atoms with E-state index in [0.29, 0.717) is 17.9 Å². The highest BCUT2D eigenvalue weighted by Gasteiger charge is 2.09. The predicted molar refractivity (Wildman–Crippen MR) is 87.5 cm³/mol. The molecule has 0 aliphatic heterocycles. The van der Waals surface area contributed by atoms with Crippen LogP contribution in [-0.2, 0) is 11.2 Å². The maximum Gasteiger partial charge on any atom is 0.228 e. The minimum absolute atomic E-state index is 0.0552. The second-order valence-electron chi connectivity index (χ2n) is 5.24. The standard InChI is InChI=1S/C18H21NO3/c1-13(2)22-17-7-5-4-6-16(17)19-18(20)12-14-8-10-15(21-3)11-9-14/h4-11,13H,12H2,1-3H3,(H,19,20). The van der Waals surface area contributed by atoms with Gasteiger partial charge in [-0.25, -0.2) is 0 Å². The van der Waals surface area contributed by atoms with Gasteiger partial charge in [-0.15, -0.1) is 0 Å². The molecule has 4 heteroatoms. The van der Waals surface area contributed by atoms with Crippen molar-refractivity contribution in [1.82, 2.24) is 0 Å². The molecule has 0 atom stereocenters. The molecule has 0 aliphatic rings. The summed E-state index contributed by atoms with van der Waals surface area (Å²) in [6.45, 7) is 3.91. The summed E-state index contributed by atoms with van der Waals surface area (Å²) in [5, 5.41) is 2.90. The first-order chi connectivity index (χ1) is 10.6. The van der Waals surface area contributed by atoms with Crippen molar-refractivity contribution in [2.75, 3.05) is 12.4 Å². The van der Waals surface area contributed by atoms with Crippen molar-refractivity contribution in [2.45, 2.75) is 26.4 Å². The molecule has 4 nitrogen and oxygen atoms in total. The lowest BCUT2D eigenvalue weighted by atomic mass is 10.1. The number of para-hydroxylation sites is 2. The highest BCUT2D eigenvalue weighted by atomic mass is 16.5. The summed E-state index contributed by atoms with van der Waals surface area (Å²) in [5.74, 6) is 1.38. The van der Waals surface area contributed by atoms with Gasteiger partial charge in [0.2, 0.25) is 5.91 Å². The van der Waals surface area contributed by atoms with Crippen molar-refractivity contribution in [1.29, 1.82) is 0 Å². The third-order valence-electron chi connectivity index (χ3n) is 3.05. The summed E-state index contributed by atoms with van der Waals surface area (Å²) >= 11 is 0. The molecule has 116 valence electrons. The van der Waals surface area contributed by atoms with Crippen LogP contribution in [0.25, 0.3) is 0 Å². The third-order valence-corrected chi connectivity index (χ3v) is 3.05. The van der Waals surface area contributed by atoms with E-state index in [-0.39, 0.29) is 12.0 Å². The molecule has 0 aliphatic carbocycles. The summed E-state index contributed by atoms with van der Waals surface area (Å²) in [6.07, 6.45) is 0.361. The van der Waals surface area contributed by atoms with Crippen molar-refractivity contribution in [3.05, 3.63) is 54.1 Å². The fourth-order valence-corrected chi connectivity index (χ4v) is 2.05. The molecule has 0 spiro atoms. The molecular weight excluding hydrogens is 278 g/mol. The summed E-state index contributed by atoms with van der Waals surface area (Å²) in [4.78, 5) is 12.2. The van der Waals surface area contributed by atoms with Gasteiger partial charge in [0.1, 0.15) is 11.5 Å². The normalized spacial score (nSPS) is 10.4. The number of benzene rings is 2. The Morgan fingerprint density at radius 3 is 2.41 bits per heavy atom. The van der Waals surface area contributed by atoms with Crippen molar-refractivity contribution in [3.63, 3.8) is 0 Å². The first-order valence-corrected chi connectivity index (χ1v) is 7.27. The molecule has 0 aromatic heterocycles. The average molecular weight is 299 g/mol. The number of anilines is 1. The number of hydrogen-bond acceptors (Lipinski definition) is 3. The minimum Gasteiger partial charge on any atom is -0.497 e. The third kappa shape index (κ3) is 4.52. The minimum atomic E-state index is -0.0787. The van der Waals surface area contributed by atoms with Gasteiger partial charge < -0.3 is 14.8 Å². The van der Waals surface area contributed by atoms with Gasteiger partial charge in [0, 0.05) is 0 Å². The van der Waals surface area contributed by atoms with E-state index in [1.165, 1.54) is 0 Å². The van der Waals surface area contributed by atoms with E-state index >= 15 is 0 Å². The maximum atomic E-state index is 12.2. The van der Waals surface area contributed by atoms with Crippen molar-refractivity contribution < 1.29 is 14.3 Å². The van der Waals surface area contributed by atoms with E-state index in [2.05, 4.69) is 5.32 Å². The van der Waals surface area contributed by atoms with Gasteiger partial charge in [0.25, 0.3) is 0 Å².